The summed E-state index contributed by atoms with van der Waals surface area (Å²) < 4.78 is 4.71. The molecule has 0 unspecified atom stereocenters. The number of hydrogen-bond acceptors (Lipinski definition) is 8. The van der Waals surface area contributed by atoms with Gasteiger partial charge in [0.1, 0.15) is 16.6 Å². The second kappa shape index (κ2) is 10.5. The molecular weight excluding hydrogens is 500 g/mol. The summed E-state index contributed by atoms with van der Waals surface area (Å²) in [5, 5.41) is 8.42. The SMILES string of the molecule is COC(=O)c1ccc(N2C(=O)C[C@@H](Sc3nnc(-c4ccc(C)cc4)c(-c4ccc(C)cc4)n3)C2=O)cc1. The highest BCUT2D eigenvalue weighted by Crippen LogP contribution is 2.35. The number of ether oxygens (including phenoxy) is 1. The lowest BCUT2D eigenvalue weighted by atomic mass is 10.0. The lowest BCUT2D eigenvalue weighted by Crippen LogP contribution is -2.31. The number of amides is 2. The molecule has 2 amide bonds. The Morgan fingerprint density at radius 3 is 2.00 bits per heavy atom. The van der Waals surface area contributed by atoms with Gasteiger partial charge in [-0.25, -0.2) is 14.7 Å². The average Bonchev–Trinajstić information content (AvgIpc) is 3.21. The average molecular weight is 525 g/mol. The number of methoxy groups -OCH3 is 1. The van der Waals surface area contributed by atoms with Gasteiger partial charge in [-0.1, -0.05) is 71.4 Å². The van der Waals surface area contributed by atoms with Crippen molar-refractivity contribution >= 4 is 35.2 Å². The fourth-order valence-electron chi connectivity index (χ4n) is 4.14. The molecule has 0 bridgehead atoms. The zero-order valence-electron chi connectivity index (χ0n) is 21.0. The van der Waals surface area contributed by atoms with Crippen LogP contribution in [0.15, 0.2) is 78.0 Å². The molecular formula is C29H24N4O4S. The zero-order valence-corrected chi connectivity index (χ0v) is 21.9. The van der Waals surface area contributed by atoms with E-state index in [1.165, 1.54) is 19.2 Å². The first-order valence-corrected chi connectivity index (χ1v) is 12.8. The van der Waals surface area contributed by atoms with E-state index in [0.717, 1.165) is 38.9 Å². The molecule has 1 aliphatic heterocycles. The van der Waals surface area contributed by atoms with Crippen molar-refractivity contribution in [1.82, 2.24) is 15.2 Å². The third-order valence-corrected chi connectivity index (χ3v) is 7.25. The molecule has 0 saturated carbocycles. The largest absolute Gasteiger partial charge is 0.465 e. The molecule has 190 valence electrons. The number of hydrogen-bond donors (Lipinski definition) is 0. The molecule has 1 atom stereocenters. The second-order valence-corrected chi connectivity index (χ2v) is 10.1. The minimum atomic E-state index is -0.694. The minimum absolute atomic E-state index is 0.00515. The van der Waals surface area contributed by atoms with Gasteiger partial charge in [-0.15, -0.1) is 10.2 Å². The van der Waals surface area contributed by atoms with Crippen LogP contribution in [0.3, 0.4) is 0 Å². The summed E-state index contributed by atoms with van der Waals surface area (Å²) in [5.41, 5.74) is 6.03. The number of anilines is 1. The van der Waals surface area contributed by atoms with Gasteiger partial charge in [0.2, 0.25) is 17.0 Å². The van der Waals surface area contributed by atoms with E-state index in [0.29, 0.717) is 27.8 Å². The Kier molecular flexibility index (Phi) is 7.02. The number of carbonyl (C=O) groups excluding carboxylic acids is 3. The number of thioether (sulfide) groups is 1. The van der Waals surface area contributed by atoms with E-state index in [9.17, 15) is 14.4 Å². The van der Waals surface area contributed by atoms with Crippen molar-refractivity contribution in [3.05, 3.63) is 89.5 Å². The molecule has 4 aromatic rings. The molecule has 1 fully saturated rings. The zero-order chi connectivity index (χ0) is 26.8. The summed E-state index contributed by atoms with van der Waals surface area (Å²) in [4.78, 5) is 43.7. The fraction of sp³-hybridized carbons (Fsp3) is 0.172. The van der Waals surface area contributed by atoms with Crippen LogP contribution in [0.5, 0.6) is 0 Å². The first-order valence-electron chi connectivity index (χ1n) is 11.9. The molecule has 1 aliphatic rings. The lowest BCUT2D eigenvalue weighted by Gasteiger charge is -2.15. The highest BCUT2D eigenvalue weighted by atomic mass is 32.2. The normalized spacial score (nSPS) is 15.1. The van der Waals surface area contributed by atoms with Gasteiger partial charge in [-0.05, 0) is 38.1 Å². The molecule has 1 aromatic heterocycles. The predicted molar refractivity (Wildman–Crippen MR) is 145 cm³/mol. The van der Waals surface area contributed by atoms with Crippen molar-refractivity contribution in [2.75, 3.05) is 12.0 Å². The van der Waals surface area contributed by atoms with E-state index in [-0.39, 0.29) is 18.2 Å². The Balaban J connectivity index is 1.43. The summed E-state index contributed by atoms with van der Waals surface area (Å²) in [7, 11) is 1.29. The van der Waals surface area contributed by atoms with Gasteiger partial charge >= 0.3 is 5.97 Å². The van der Waals surface area contributed by atoms with Crippen LogP contribution in [0.4, 0.5) is 5.69 Å². The van der Waals surface area contributed by atoms with E-state index in [4.69, 9.17) is 9.72 Å². The lowest BCUT2D eigenvalue weighted by molar-refractivity contribution is -0.121. The Hall–Kier alpha value is -4.37. The number of rotatable bonds is 6. The van der Waals surface area contributed by atoms with Crippen LogP contribution in [0.2, 0.25) is 0 Å². The van der Waals surface area contributed by atoms with Crippen molar-refractivity contribution in [1.29, 1.82) is 0 Å². The van der Waals surface area contributed by atoms with Crippen LogP contribution < -0.4 is 4.90 Å². The van der Waals surface area contributed by atoms with E-state index in [1.54, 1.807) is 12.1 Å². The summed E-state index contributed by atoms with van der Waals surface area (Å²) in [6.45, 7) is 4.03. The number of benzene rings is 3. The Morgan fingerprint density at radius 2 is 1.42 bits per heavy atom. The highest BCUT2D eigenvalue weighted by Gasteiger charge is 2.41. The van der Waals surface area contributed by atoms with Crippen molar-refractivity contribution in [3.63, 3.8) is 0 Å². The third kappa shape index (κ3) is 5.05. The smallest absolute Gasteiger partial charge is 0.337 e. The van der Waals surface area contributed by atoms with Gasteiger partial charge in [0.05, 0.1) is 18.4 Å². The molecule has 9 heteroatoms. The molecule has 3 aromatic carbocycles. The van der Waals surface area contributed by atoms with Crippen LogP contribution in [0.1, 0.15) is 27.9 Å². The van der Waals surface area contributed by atoms with E-state index >= 15 is 0 Å². The number of nitrogens with zero attached hydrogens (tertiary/aromatic N) is 4. The Morgan fingerprint density at radius 1 is 0.842 bits per heavy atom. The van der Waals surface area contributed by atoms with E-state index in [1.807, 2.05) is 62.4 Å². The monoisotopic (exact) mass is 524 g/mol. The molecule has 0 aliphatic carbocycles. The highest BCUT2D eigenvalue weighted by molar-refractivity contribution is 8.00. The minimum Gasteiger partial charge on any atom is -0.465 e. The molecule has 8 nitrogen and oxygen atoms in total. The van der Waals surface area contributed by atoms with Gasteiger partial charge in [0.15, 0.2) is 0 Å². The van der Waals surface area contributed by atoms with Gasteiger partial charge in [-0.3, -0.25) is 9.59 Å². The van der Waals surface area contributed by atoms with Crippen molar-refractivity contribution < 1.29 is 19.1 Å². The quantitative estimate of drug-likeness (QED) is 0.256. The fourth-order valence-corrected chi connectivity index (χ4v) is 5.06. The van der Waals surface area contributed by atoms with Crippen molar-refractivity contribution in [2.45, 2.75) is 30.7 Å². The molecule has 5 rings (SSSR count). The number of carbonyl (C=O) groups is 3. The second-order valence-electron chi connectivity index (χ2n) is 8.94. The molecule has 0 radical (unpaired) electrons. The van der Waals surface area contributed by atoms with Gasteiger partial charge < -0.3 is 4.74 Å². The first-order chi connectivity index (χ1) is 18.3. The van der Waals surface area contributed by atoms with Crippen LogP contribution in [0, 0.1) is 13.8 Å². The molecule has 38 heavy (non-hydrogen) atoms. The number of aryl methyl sites for hydroxylation is 2. The van der Waals surface area contributed by atoms with Gasteiger partial charge in [0.25, 0.3) is 0 Å². The molecule has 0 N–H and O–H groups in total. The van der Waals surface area contributed by atoms with Crippen LogP contribution >= 0.6 is 11.8 Å². The predicted octanol–water partition coefficient (Wildman–Crippen LogP) is 5.03. The maximum atomic E-state index is 13.2. The van der Waals surface area contributed by atoms with Crippen LogP contribution in [-0.4, -0.2) is 45.3 Å². The van der Waals surface area contributed by atoms with E-state index < -0.39 is 11.2 Å². The Labute approximate surface area is 224 Å². The van der Waals surface area contributed by atoms with Crippen LogP contribution in [0.25, 0.3) is 22.5 Å². The standard InChI is InChI=1S/C29H24N4O4S/c1-17-4-8-19(9-5-17)25-26(20-10-6-18(2)7-11-20)31-32-29(30-25)38-23-16-24(34)33(27(23)35)22-14-12-21(13-15-22)28(36)37-3/h4-15,23H,16H2,1-3H3/t23-/m1/s1. The molecule has 2 heterocycles. The maximum absolute atomic E-state index is 13.2. The summed E-state index contributed by atoms with van der Waals surface area (Å²) in [5.74, 6) is -1.19. The third-order valence-electron chi connectivity index (χ3n) is 6.22. The van der Waals surface area contributed by atoms with Crippen molar-refractivity contribution in [3.8, 4) is 22.5 Å². The molecule has 1 saturated heterocycles. The summed E-state index contributed by atoms with van der Waals surface area (Å²) in [6.07, 6.45) is 0.00515. The Bertz CT molecular complexity index is 1520. The number of aromatic nitrogens is 3. The first kappa shape index (κ1) is 25.3. The van der Waals surface area contributed by atoms with Gasteiger partial charge in [-0.2, -0.15) is 0 Å². The maximum Gasteiger partial charge on any atom is 0.337 e. The van der Waals surface area contributed by atoms with Crippen molar-refractivity contribution in [2.24, 2.45) is 0 Å². The number of esters is 1. The number of imide groups is 1. The summed E-state index contributed by atoms with van der Waals surface area (Å²) >= 11 is 1.12. The van der Waals surface area contributed by atoms with Crippen LogP contribution in [-0.2, 0) is 14.3 Å². The van der Waals surface area contributed by atoms with Gasteiger partial charge in [0, 0.05) is 17.5 Å². The topological polar surface area (TPSA) is 102 Å². The molecule has 0 spiro atoms. The summed E-state index contributed by atoms with van der Waals surface area (Å²) in [6, 6.07) is 22.1. The van der Waals surface area contributed by atoms with E-state index in [2.05, 4.69) is 10.2 Å².